The monoisotopic (exact) mass is 574 g/mol. The van der Waals surface area contributed by atoms with E-state index in [1.807, 2.05) is 45.0 Å². The Kier molecular flexibility index (Phi) is 8.65. The van der Waals surface area contributed by atoms with Crippen molar-refractivity contribution in [3.8, 4) is 5.75 Å². The van der Waals surface area contributed by atoms with E-state index in [-0.39, 0.29) is 50.5 Å². The topological polar surface area (TPSA) is 60.4 Å². The van der Waals surface area contributed by atoms with Crippen molar-refractivity contribution in [2.75, 3.05) is 0 Å². The standard InChI is InChI=1S/C39H42O4/c1-37(2,3)31-16-10-25(11-17-31)34(40)28-22-29(35(41)26-12-18-32(19-13-26)38(4,5)6)24-30(23-28)36(42)27-14-20-33(21-15-27)43-39(7,8)9/h10-24H,1-9H3. The molecule has 4 nitrogen and oxygen atoms in total. The largest absolute Gasteiger partial charge is 0.488 e. The van der Waals surface area contributed by atoms with Gasteiger partial charge in [-0.05, 0) is 85.2 Å². The molecule has 0 saturated carbocycles. The van der Waals surface area contributed by atoms with Crippen LogP contribution in [0, 0.1) is 0 Å². The molecule has 4 aromatic rings. The maximum absolute atomic E-state index is 13.7. The maximum Gasteiger partial charge on any atom is 0.193 e. The molecule has 4 rings (SSSR count). The molecular formula is C39H42O4. The van der Waals surface area contributed by atoms with Gasteiger partial charge in [-0.3, -0.25) is 14.4 Å². The molecule has 0 fully saturated rings. The van der Waals surface area contributed by atoms with E-state index < -0.39 is 0 Å². The second-order valence-corrected chi connectivity index (χ2v) is 14.2. The van der Waals surface area contributed by atoms with Crippen LogP contribution in [-0.4, -0.2) is 23.0 Å². The third kappa shape index (κ3) is 7.75. The smallest absolute Gasteiger partial charge is 0.193 e. The van der Waals surface area contributed by atoms with Crippen molar-refractivity contribution < 1.29 is 19.1 Å². The molecule has 43 heavy (non-hydrogen) atoms. The van der Waals surface area contributed by atoms with Gasteiger partial charge in [0.1, 0.15) is 11.4 Å². The van der Waals surface area contributed by atoms with Crippen molar-refractivity contribution in [1.29, 1.82) is 0 Å². The predicted octanol–water partition coefficient (Wildman–Crippen LogP) is 9.15. The summed E-state index contributed by atoms with van der Waals surface area (Å²) >= 11 is 0. The normalized spacial score (nSPS) is 12.1. The van der Waals surface area contributed by atoms with Crippen molar-refractivity contribution in [3.05, 3.63) is 136 Å². The van der Waals surface area contributed by atoms with Crippen LogP contribution in [0.1, 0.15) is 121 Å². The van der Waals surface area contributed by atoms with Crippen LogP contribution in [0.2, 0.25) is 0 Å². The molecule has 0 aliphatic heterocycles. The van der Waals surface area contributed by atoms with E-state index in [1.165, 1.54) is 0 Å². The van der Waals surface area contributed by atoms with Crippen molar-refractivity contribution >= 4 is 17.3 Å². The van der Waals surface area contributed by atoms with E-state index in [0.29, 0.717) is 22.4 Å². The van der Waals surface area contributed by atoms with Crippen LogP contribution in [0.5, 0.6) is 5.75 Å². The number of hydrogen-bond donors (Lipinski definition) is 0. The Bertz CT molecular complexity index is 1550. The lowest BCUT2D eigenvalue weighted by molar-refractivity contribution is 0.103. The summed E-state index contributed by atoms with van der Waals surface area (Å²) < 4.78 is 5.90. The highest BCUT2D eigenvalue weighted by atomic mass is 16.5. The predicted molar refractivity (Wildman–Crippen MR) is 174 cm³/mol. The summed E-state index contributed by atoms with van der Waals surface area (Å²) in [6.45, 7) is 18.6. The molecule has 0 bridgehead atoms. The lowest BCUT2D eigenvalue weighted by Crippen LogP contribution is -2.22. The molecule has 222 valence electrons. The van der Waals surface area contributed by atoms with Gasteiger partial charge < -0.3 is 4.74 Å². The first-order valence-corrected chi connectivity index (χ1v) is 14.7. The number of rotatable bonds is 7. The summed E-state index contributed by atoms with van der Waals surface area (Å²) in [5.41, 5.74) is 4.03. The van der Waals surface area contributed by atoms with Gasteiger partial charge in [0, 0.05) is 33.4 Å². The van der Waals surface area contributed by atoms with E-state index >= 15 is 0 Å². The Morgan fingerprint density at radius 2 is 0.698 bits per heavy atom. The number of ketones is 3. The van der Waals surface area contributed by atoms with Crippen molar-refractivity contribution in [3.63, 3.8) is 0 Å². The van der Waals surface area contributed by atoms with Gasteiger partial charge in [0.2, 0.25) is 0 Å². The molecule has 0 amide bonds. The first kappa shape index (κ1) is 31.6. The van der Waals surface area contributed by atoms with Gasteiger partial charge in [-0.1, -0.05) is 90.1 Å². The first-order valence-electron chi connectivity index (χ1n) is 14.7. The van der Waals surface area contributed by atoms with Crippen molar-refractivity contribution in [1.82, 2.24) is 0 Å². The highest BCUT2D eigenvalue weighted by Gasteiger charge is 2.22. The minimum absolute atomic E-state index is 0.0521. The Morgan fingerprint density at radius 1 is 0.419 bits per heavy atom. The van der Waals surface area contributed by atoms with Crippen LogP contribution >= 0.6 is 0 Å². The highest BCUT2D eigenvalue weighted by Crippen LogP contribution is 2.27. The van der Waals surface area contributed by atoms with Crippen LogP contribution in [0.25, 0.3) is 0 Å². The fourth-order valence-electron chi connectivity index (χ4n) is 4.79. The van der Waals surface area contributed by atoms with Crippen LogP contribution in [0.4, 0.5) is 0 Å². The Balaban J connectivity index is 1.75. The number of carbonyl (C=O) groups is 3. The summed E-state index contributed by atoms with van der Waals surface area (Å²) in [7, 11) is 0. The SMILES string of the molecule is CC(C)(C)Oc1ccc(C(=O)c2cc(C(=O)c3ccc(C(C)(C)C)cc3)cc(C(=O)c3ccc(C(C)(C)C)cc3)c2)cc1. The highest BCUT2D eigenvalue weighted by molar-refractivity contribution is 6.17. The Morgan fingerprint density at radius 3 is 0.953 bits per heavy atom. The van der Waals surface area contributed by atoms with Crippen LogP contribution in [-0.2, 0) is 10.8 Å². The molecule has 0 aromatic heterocycles. The summed E-state index contributed by atoms with van der Waals surface area (Å²) in [5, 5.41) is 0. The number of carbonyl (C=O) groups excluding carboxylic acids is 3. The lowest BCUT2D eigenvalue weighted by Gasteiger charge is -2.21. The fourth-order valence-corrected chi connectivity index (χ4v) is 4.79. The van der Waals surface area contributed by atoms with Gasteiger partial charge in [0.05, 0.1) is 0 Å². The van der Waals surface area contributed by atoms with Crippen LogP contribution in [0.3, 0.4) is 0 Å². The third-order valence-electron chi connectivity index (χ3n) is 7.29. The third-order valence-corrected chi connectivity index (χ3v) is 7.29. The molecular weight excluding hydrogens is 532 g/mol. The van der Waals surface area contributed by atoms with Crippen molar-refractivity contribution in [2.45, 2.75) is 78.7 Å². The molecule has 4 heteroatoms. The molecule has 0 aliphatic rings. The molecule has 0 N–H and O–H groups in total. The van der Waals surface area contributed by atoms with E-state index in [4.69, 9.17) is 4.74 Å². The summed E-state index contributed by atoms with van der Waals surface area (Å²) in [4.78, 5) is 41.2. The average molecular weight is 575 g/mol. The molecule has 0 spiro atoms. The lowest BCUT2D eigenvalue weighted by atomic mass is 9.85. The van der Waals surface area contributed by atoms with Crippen LogP contribution in [0.15, 0.2) is 91.0 Å². The number of ether oxygens (including phenoxy) is 1. The van der Waals surface area contributed by atoms with E-state index in [2.05, 4.69) is 41.5 Å². The minimum Gasteiger partial charge on any atom is -0.488 e. The number of hydrogen-bond acceptors (Lipinski definition) is 4. The summed E-state index contributed by atoms with van der Waals surface area (Å²) in [6, 6.07) is 26.7. The molecule has 0 heterocycles. The quantitative estimate of drug-likeness (QED) is 0.207. The van der Waals surface area contributed by atoms with Gasteiger partial charge in [-0.25, -0.2) is 0 Å². The molecule has 4 aromatic carbocycles. The fraction of sp³-hybridized carbons (Fsp3) is 0.308. The summed E-state index contributed by atoms with van der Waals surface area (Å²) in [5.74, 6) is -0.124. The van der Waals surface area contributed by atoms with Gasteiger partial charge >= 0.3 is 0 Å². The van der Waals surface area contributed by atoms with E-state index in [1.54, 1.807) is 66.7 Å². The molecule has 0 radical (unpaired) electrons. The van der Waals surface area contributed by atoms with E-state index in [0.717, 1.165) is 11.1 Å². The molecule has 0 unspecified atom stereocenters. The number of benzene rings is 4. The van der Waals surface area contributed by atoms with Gasteiger partial charge in [0.15, 0.2) is 17.3 Å². The summed E-state index contributed by atoms with van der Waals surface area (Å²) in [6.07, 6.45) is 0. The molecule has 0 saturated heterocycles. The molecule has 0 atom stereocenters. The zero-order valence-corrected chi connectivity index (χ0v) is 26.8. The second-order valence-electron chi connectivity index (χ2n) is 14.2. The van der Waals surface area contributed by atoms with Gasteiger partial charge in [0.25, 0.3) is 0 Å². The Hall–Kier alpha value is -4.31. The van der Waals surface area contributed by atoms with E-state index in [9.17, 15) is 14.4 Å². The van der Waals surface area contributed by atoms with Gasteiger partial charge in [-0.2, -0.15) is 0 Å². The maximum atomic E-state index is 13.7. The minimum atomic E-state index is -0.369. The second kappa shape index (κ2) is 11.8. The van der Waals surface area contributed by atoms with Crippen molar-refractivity contribution in [2.24, 2.45) is 0 Å². The van der Waals surface area contributed by atoms with Gasteiger partial charge in [-0.15, -0.1) is 0 Å². The zero-order valence-electron chi connectivity index (χ0n) is 26.8. The zero-order chi connectivity index (χ0) is 31.7. The average Bonchev–Trinajstić information content (AvgIpc) is 2.94. The first-order chi connectivity index (χ1) is 19.9. The molecule has 0 aliphatic carbocycles. The van der Waals surface area contributed by atoms with Crippen LogP contribution < -0.4 is 4.74 Å². The Labute approximate surface area is 256 Å².